The van der Waals surface area contributed by atoms with Gasteiger partial charge in [-0.2, -0.15) is 0 Å². The number of hydrogen-bond donors (Lipinski definition) is 0. The SMILES string of the molecule is CC(C=O)OCC=COC(=O)C1CC1. The Morgan fingerprint density at radius 1 is 1.57 bits per heavy atom. The molecular formula is C10H14O4. The van der Waals surface area contributed by atoms with Crippen molar-refractivity contribution in [2.45, 2.75) is 25.9 Å². The van der Waals surface area contributed by atoms with Gasteiger partial charge in [0.15, 0.2) is 0 Å². The van der Waals surface area contributed by atoms with Crippen molar-refractivity contribution in [2.75, 3.05) is 6.61 Å². The van der Waals surface area contributed by atoms with E-state index in [0.29, 0.717) is 6.29 Å². The van der Waals surface area contributed by atoms with E-state index < -0.39 is 6.10 Å². The predicted molar refractivity (Wildman–Crippen MR) is 49.4 cm³/mol. The van der Waals surface area contributed by atoms with Gasteiger partial charge >= 0.3 is 5.97 Å². The third kappa shape index (κ3) is 4.18. The van der Waals surface area contributed by atoms with E-state index in [9.17, 15) is 9.59 Å². The summed E-state index contributed by atoms with van der Waals surface area (Å²) in [5, 5.41) is 0. The van der Waals surface area contributed by atoms with Gasteiger partial charge in [-0.25, -0.2) is 0 Å². The molecule has 4 heteroatoms. The van der Waals surface area contributed by atoms with Crippen LogP contribution in [0.4, 0.5) is 0 Å². The van der Waals surface area contributed by atoms with Crippen molar-refractivity contribution in [1.82, 2.24) is 0 Å². The lowest BCUT2D eigenvalue weighted by atomic mass is 10.4. The smallest absolute Gasteiger partial charge is 0.313 e. The number of carbonyl (C=O) groups is 2. The summed E-state index contributed by atoms with van der Waals surface area (Å²) in [6, 6.07) is 0. The first kappa shape index (κ1) is 10.9. The third-order valence-electron chi connectivity index (χ3n) is 1.84. The van der Waals surface area contributed by atoms with Crippen LogP contribution in [0, 0.1) is 5.92 Å². The summed E-state index contributed by atoms with van der Waals surface area (Å²) in [5.41, 5.74) is 0. The molecule has 78 valence electrons. The van der Waals surface area contributed by atoms with E-state index in [1.807, 2.05) is 0 Å². The minimum atomic E-state index is -0.418. The molecule has 1 fully saturated rings. The molecule has 0 saturated heterocycles. The number of rotatable bonds is 6. The molecule has 0 aromatic carbocycles. The van der Waals surface area contributed by atoms with Crippen LogP contribution < -0.4 is 0 Å². The second kappa shape index (κ2) is 5.54. The quantitative estimate of drug-likeness (QED) is 0.364. The lowest BCUT2D eigenvalue weighted by Gasteiger charge is -2.01. The lowest BCUT2D eigenvalue weighted by Crippen LogP contribution is -2.09. The molecule has 0 spiro atoms. The van der Waals surface area contributed by atoms with Gasteiger partial charge in [0.2, 0.25) is 0 Å². The van der Waals surface area contributed by atoms with Crippen LogP contribution in [0.25, 0.3) is 0 Å². The summed E-state index contributed by atoms with van der Waals surface area (Å²) in [6.07, 6.45) is 5.05. The van der Waals surface area contributed by atoms with Crippen LogP contribution in [-0.2, 0) is 19.1 Å². The average Bonchev–Trinajstić information content (AvgIpc) is 2.99. The highest BCUT2D eigenvalue weighted by Gasteiger charge is 2.30. The summed E-state index contributed by atoms with van der Waals surface area (Å²) in [4.78, 5) is 21.1. The van der Waals surface area contributed by atoms with Gasteiger partial charge in [0.05, 0.1) is 18.8 Å². The van der Waals surface area contributed by atoms with E-state index in [0.717, 1.165) is 12.8 Å². The van der Waals surface area contributed by atoms with E-state index in [-0.39, 0.29) is 18.5 Å². The van der Waals surface area contributed by atoms with Crippen LogP contribution in [0.15, 0.2) is 12.3 Å². The molecule has 0 aromatic rings. The maximum Gasteiger partial charge on any atom is 0.313 e. The minimum Gasteiger partial charge on any atom is -0.435 e. The molecule has 0 radical (unpaired) electrons. The molecule has 1 rings (SSSR count). The zero-order valence-electron chi connectivity index (χ0n) is 8.14. The second-order valence-electron chi connectivity index (χ2n) is 3.26. The summed E-state index contributed by atoms with van der Waals surface area (Å²) in [5.74, 6) is -0.0702. The van der Waals surface area contributed by atoms with Gasteiger partial charge in [-0.05, 0) is 25.8 Å². The van der Waals surface area contributed by atoms with E-state index in [4.69, 9.17) is 9.47 Å². The predicted octanol–water partition coefficient (Wildman–Crippen LogP) is 1.06. The van der Waals surface area contributed by atoms with E-state index in [1.165, 1.54) is 6.26 Å². The maximum atomic E-state index is 11.0. The molecular weight excluding hydrogens is 184 g/mol. The van der Waals surface area contributed by atoms with Crippen LogP contribution in [0.2, 0.25) is 0 Å². The first-order chi connectivity index (χ1) is 6.74. The molecule has 1 atom stereocenters. The summed E-state index contributed by atoms with van der Waals surface area (Å²) >= 11 is 0. The number of carbonyl (C=O) groups excluding carboxylic acids is 2. The van der Waals surface area contributed by atoms with Crippen LogP contribution in [0.1, 0.15) is 19.8 Å². The van der Waals surface area contributed by atoms with Gasteiger partial charge in [0.1, 0.15) is 12.4 Å². The Morgan fingerprint density at radius 3 is 2.86 bits per heavy atom. The van der Waals surface area contributed by atoms with Crippen LogP contribution >= 0.6 is 0 Å². The highest BCUT2D eigenvalue weighted by atomic mass is 16.5. The van der Waals surface area contributed by atoms with Crippen molar-refractivity contribution < 1.29 is 19.1 Å². The van der Waals surface area contributed by atoms with E-state index >= 15 is 0 Å². The molecule has 1 unspecified atom stereocenters. The van der Waals surface area contributed by atoms with Gasteiger partial charge in [-0.1, -0.05) is 0 Å². The molecule has 1 aliphatic rings. The number of aldehydes is 1. The summed E-state index contributed by atoms with van der Waals surface area (Å²) < 4.78 is 9.80. The standard InChI is InChI=1S/C10H14O4/c1-8(7-11)13-5-2-6-14-10(12)9-3-4-9/h2,6-9H,3-5H2,1H3. The molecule has 0 amide bonds. The molecule has 0 N–H and O–H groups in total. The molecule has 1 saturated carbocycles. The average molecular weight is 198 g/mol. The Bertz CT molecular complexity index is 230. The van der Waals surface area contributed by atoms with Crippen molar-refractivity contribution in [3.63, 3.8) is 0 Å². The molecule has 4 nitrogen and oxygen atoms in total. The topological polar surface area (TPSA) is 52.6 Å². The van der Waals surface area contributed by atoms with Crippen molar-refractivity contribution in [1.29, 1.82) is 0 Å². The monoisotopic (exact) mass is 198 g/mol. The first-order valence-electron chi connectivity index (χ1n) is 4.66. The zero-order valence-corrected chi connectivity index (χ0v) is 8.14. The molecule has 14 heavy (non-hydrogen) atoms. The van der Waals surface area contributed by atoms with Gasteiger partial charge in [-0.3, -0.25) is 4.79 Å². The Kier molecular flexibility index (Phi) is 4.32. The van der Waals surface area contributed by atoms with Crippen molar-refractivity contribution in [3.8, 4) is 0 Å². The second-order valence-corrected chi connectivity index (χ2v) is 3.26. The van der Waals surface area contributed by atoms with Crippen LogP contribution in [-0.4, -0.2) is 25.0 Å². The highest BCUT2D eigenvalue weighted by Crippen LogP contribution is 2.29. The molecule has 0 heterocycles. The molecule has 0 aromatic heterocycles. The van der Waals surface area contributed by atoms with Gasteiger partial charge in [-0.15, -0.1) is 0 Å². The summed E-state index contributed by atoms with van der Waals surface area (Å²) in [7, 11) is 0. The van der Waals surface area contributed by atoms with Crippen molar-refractivity contribution in [3.05, 3.63) is 12.3 Å². The van der Waals surface area contributed by atoms with Gasteiger partial charge < -0.3 is 14.3 Å². The largest absolute Gasteiger partial charge is 0.435 e. The fraction of sp³-hybridized carbons (Fsp3) is 0.600. The number of ether oxygens (including phenoxy) is 2. The minimum absolute atomic E-state index is 0.106. The van der Waals surface area contributed by atoms with Crippen LogP contribution in [0.3, 0.4) is 0 Å². The highest BCUT2D eigenvalue weighted by molar-refractivity contribution is 5.75. The maximum absolute atomic E-state index is 11.0. The molecule has 1 aliphatic carbocycles. The molecule has 0 aliphatic heterocycles. The zero-order chi connectivity index (χ0) is 10.4. The van der Waals surface area contributed by atoms with E-state index in [2.05, 4.69) is 0 Å². The fourth-order valence-electron chi connectivity index (χ4n) is 0.816. The van der Waals surface area contributed by atoms with Crippen molar-refractivity contribution >= 4 is 12.3 Å². The Labute approximate surface area is 82.9 Å². The Morgan fingerprint density at radius 2 is 2.29 bits per heavy atom. The van der Waals surface area contributed by atoms with Gasteiger partial charge in [0.25, 0.3) is 0 Å². The number of hydrogen-bond acceptors (Lipinski definition) is 4. The van der Waals surface area contributed by atoms with E-state index in [1.54, 1.807) is 13.0 Å². The Balaban J connectivity index is 2.02. The van der Waals surface area contributed by atoms with Crippen LogP contribution in [0.5, 0.6) is 0 Å². The first-order valence-corrected chi connectivity index (χ1v) is 4.66. The normalized spacial score (nSPS) is 18.1. The van der Waals surface area contributed by atoms with Gasteiger partial charge in [0, 0.05) is 0 Å². The third-order valence-corrected chi connectivity index (χ3v) is 1.84. The fourth-order valence-corrected chi connectivity index (χ4v) is 0.816. The Hall–Kier alpha value is -1.16. The molecule has 0 bridgehead atoms. The lowest BCUT2D eigenvalue weighted by molar-refractivity contribution is -0.139. The number of esters is 1. The van der Waals surface area contributed by atoms with Crippen molar-refractivity contribution in [2.24, 2.45) is 5.92 Å². The summed E-state index contributed by atoms with van der Waals surface area (Å²) in [6.45, 7) is 1.93.